The van der Waals surface area contributed by atoms with Gasteiger partial charge in [0.2, 0.25) is 5.91 Å². The first kappa shape index (κ1) is 22.5. The summed E-state index contributed by atoms with van der Waals surface area (Å²) in [6.07, 6.45) is 0. The molecule has 0 atom stereocenters. The summed E-state index contributed by atoms with van der Waals surface area (Å²) in [5.41, 5.74) is 1.09. The first-order valence-electron chi connectivity index (χ1n) is 8.68. The van der Waals surface area contributed by atoms with E-state index in [1.807, 2.05) is 29.2 Å². The van der Waals surface area contributed by atoms with E-state index in [4.69, 9.17) is 4.74 Å². The molecule has 0 radical (unpaired) electrons. The van der Waals surface area contributed by atoms with Crippen LogP contribution >= 0.6 is 24.0 Å². The van der Waals surface area contributed by atoms with Crippen molar-refractivity contribution < 1.29 is 9.53 Å². The zero-order valence-electron chi connectivity index (χ0n) is 15.8. The van der Waals surface area contributed by atoms with Crippen LogP contribution in [0.15, 0.2) is 29.3 Å². The quantitative estimate of drug-likeness (QED) is 0.367. The first-order valence-corrected chi connectivity index (χ1v) is 8.68. The Labute approximate surface area is 173 Å². The molecule has 146 valence electrons. The molecule has 0 aromatic heterocycles. The van der Waals surface area contributed by atoms with Gasteiger partial charge in [-0.2, -0.15) is 0 Å². The Balaban J connectivity index is 0.00000338. The SMILES string of the molecule is CN=C(NCCN1CCN(C(C)=O)CC1)NCc1ccccc1OC.I. The number of piperazine rings is 1. The van der Waals surface area contributed by atoms with Crippen molar-refractivity contribution >= 4 is 35.8 Å². The largest absolute Gasteiger partial charge is 0.496 e. The maximum absolute atomic E-state index is 11.3. The van der Waals surface area contributed by atoms with E-state index in [2.05, 4.69) is 20.5 Å². The predicted octanol–water partition coefficient (Wildman–Crippen LogP) is 1.14. The van der Waals surface area contributed by atoms with Crippen LogP contribution in [0, 0.1) is 0 Å². The third kappa shape index (κ3) is 6.99. The van der Waals surface area contributed by atoms with Gasteiger partial charge in [-0.15, -0.1) is 24.0 Å². The van der Waals surface area contributed by atoms with Crippen LogP contribution in [0.4, 0.5) is 0 Å². The van der Waals surface area contributed by atoms with E-state index in [0.29, 0.717) is 6.54 Å². The second-order valence-electron chi connectivity index (χ2n) is 6.01. The number of carbonyl (C=O) groups excluding carboxylic acids is 1. The number of benzene rings is 1. The van der Waals surface area contributed by atoms with Crippen molar-refractivity contribution in [2.75, 3.05) is 53.4 Å². The Bertz CT molecular complexity index is 589. The number of hydrogen-bond donors (Lipinski definition) is 2. The van der Waals surface area contributed by atoms with Crippen molar-refractivity contribution in [3.63, 3.8) is 0 Å². The number of methoxy groups -OCH3 is 1. The third-order valence-electron chi connectivity index (χ3n) is 4.40. The number of para-hydroxylation sites is 1. The van der Waals surface area contributed by atoms with Crippen molar-refractivity contribution in [1.29, 1.82) is 0 Å². The summed E-state index contributed by atoms with van der Waals surface area (Å²) in [5, 5.41) is 6.64. The highest BCUT2D eigenvalue weighted by molar-refractivity contribution is 14.0. The van der Waals surface area contributed by atoms with Crippen molar-refractivity contribution in [3.05, 3.63) is 29.8 Å². The molecule has 2 rings (SSSR count). The van der Waals surface area contributed by atoms with Gasteiger partial charge < -0.3 is 20.3 Å². The minimum Gasteiger partial charge on any atom is -0.496 e. The Kier molecular flexibility index (Phi) is 10.3. The fraction of sp³-hybridized carbons (Fsp3) is 0.556. The third-order valence-corrected chi connectivity index (χ3v) is 4.40. The molecule has 2 N–H and O–H groups in total. The summed E-state index contributed by atoms with van der Waals surface area (Å²) in [6, 6.07) is 7.94. The maximum atomic E-state index is 11.3. The van der Waals surface area contributed by atoms with Gasteiger partial charge in [-0.25, -0.2) is 0 Å². The van der Waals surface area contributed by atoms with E-state index in [1.165, 1.54) is 0 Å². The van der Waals surface area contributed by atoms with E-state index in [0.717, 1.165) is 56.5 Å². The smallest absolute Gasteiger partial charge is 0.219 e. The van der Waals surface area contributed by atoms with Gasteiger partial charge in [-0.1, -0.05) is 18.2 Å². The first-order chi connectivity index (χ1) is 12.1. The zero-order valence-corrected chi connectivity index (χ0v) is 18.2. The molecule has 1 aromatic carbocycles. The standard InChI is InChI=1S/C18H29N5O2.HI/c1-15(24)23-12-10-22(11-13-23)9-8-20-18(19-2)21-14-16-6-4-5-7-17(16)25-3;/h4-7H,8-14H2,1-3H3,(H2,19,20,21);1H. The van der Waals surface area contributed by atoms with E-state index in [-0.39, 0.29) is 29.9 Å². The number of nitrogens with zero attached hydrogens (tertiary/aromatic N) is 3. The average molecular weight is 475 g/mol. The summed E-state index contributed by atoms with van der Waals surface area (Å²) in [5.74, 6) is 1.81. The lowest BCUT2D eigenvalue weighted by molar-refractivity contribution is -0.130. The van der Waals surface area contributed by atoms with Gasteiger partial charge >= 0.3 is 0 Å². The van der Waals surface area contributed by atoms with Crippen LogP contribution in [0.2, 0.25) is 0 Å². The second kappa shape index (κ2) is 11.9. The molecule has 26 heavy (non-hydrogen) atoms. The number of aliphatic imine (C=N–C) groups is 1. The fourth-order valence-corrected chi connectivity index (χ4v) is 2.87. The van der Waals surface area contributed by atoms with Crippen LogP contribution in [0.1, 0.15) is 12.5 Å². The molecule has 0 saturated carbocycles. The Morgan fingerprint density at radius 1 is 1.19 bits per heavy atom. The minimum atomic E-state index is 0. The zero-order chi connectivity index (χ0) is 18.1. The van der Waals surface area contributed by atoms with Crippen LogP contribution in [0.3, 0.4) is 0 Å². The van der Waals surface area contributed by atoms with E-state index in [9.17, 15) is 4.79 Å². The maximum Gasteiger partial charge on any atom is 0.219 e. The molecule has 0 aliphatic carbocycles. The number of ether oxygens (including phenoxy) is 1. The summed E-state index contributed by atoms with van der Waals surface area (Å²) in [4.78, 5) is 19.9. The normalized spacial score (nSPS) is 15.2. The lowest BCUT2D eigenvalue weighted by Crippen LogP contribution is -2.50. The number of hydrogen-bond acceptors (Lipinski definition) is 4. The van der Waals surface area contributed by atoms with Crippen molar-refractivity contribution in [2.24, 2.45) is 4.99 Å². The van der Waals surface area contributed by atoms with Gasteiger partial charge in [0, 0.05) is 65.3 Å². The highest BCUT2D eigenvalue weighted by Gasteiger charge is 2.17. The summed E-state index contributed by atoms with van der Waals surface area (Å²) >= 11 is 0. The van der Waals surface area contributed by atoms with Crippen molar-refractivity contribution in [1.82, 2.24) is 20.4 Å². The van der Waals surface area contributed by atoms with Crippen molar-refractivity contribution in [2.45, 2.75) is 13.5 Å². The number of halogens is 1. The fourth-order valence-electron chi connectivity index (χ4n) is 2.87. The van der Waals surface area contributed by atoms with E-state index in [1.54, 1.807) is 21.1 Å². The van der Waals surface area contributed by atoms with E-state index < -0.39 is 0 Å². The highest BCUT2D eigenvalue weighted by Crippen LogP contribution is 2.16. The monoisotopic (exact) mass is 475 g/mol. The number of carbonyl (C=O) groups is 1. The molecule has 8 heteroatoms. The van der Waals surface area contributed by atoms with Crippen LogP contribution < -0.4 is 15.4 Å². The topological polar surface area (TPSA) is 69.2 Å². The van der Waals surface area contributed by atoms with Crippen LogP contribution in [-0.2, 0) is 11.3 Å². The van der Waals surface area contributed by atoms with Gasteiger partial charge in [-0.05, 0) is 6.07 Å². The summed E-state index contributed by atoms with van der Waals surface area (Å²) < 4.78 is 5.36. The molecule has 0 unspecified atom stereocenters. The molecule has 1 aliphatic rings. The molecule has 1 saturated heterocycles. The van der Waals surface area contributed by atoms with Gasteiger partial charge in [0.05, 0.1) is 7.11 Å². The molecule has 1 aromatic rings. The van der Waals surface area contributed by atoms with E-state index >= 15 is 0 Å². The number of nitrogens with one attached hydrogen (secondary N) is 2. The van der Waals surface area contributed by atoms with Gasteiger partial charge in [0.25, 0.3) is 0 Å². The van der Waals surface area contributed by atoms with Gasteiger partial charge in [0.1, 0.15) is 5.75 Å². The molecule has 7 nitrogen and oxygen atoms in total. The molecule has 1 heterocycles. The van der Waals surface area contributed by atoms with Crippen LogP contribution in [0.25, 0.3) is 0 Å². The molecule has 1 amide bonds. The van der Waals surface area contributed by atoms with Gasteiger partial charge in [-0.3, -0.25) is 14.7 Å². The Hall–Kier alpha value is -1.55. The van der Waals surface area contributed by atoms with Crippen LogP contribution in [0.5, 0.6) is 5.75 Å². The minimum absolute atomic E-state index is 0. The lowest BCUT2D eigenvalue weighted by Gasteiger charge is -2.34. The van der Waals surface area contributed by atoms with Gasteiger partial charge in [0.15, 0.2) is 5.96 Å². The summed E-state index contributed by atoms with van der Waals surface area (Å²) in [7, 11) is 3.45. The lowest BCUT2D eigenvalue weighted by atomic mass is 10.2. The number of amides is 1. The highest BCUT2D eigenvalue weighted by atomic mass is 127. The molecule has 0 bridgehead atoms. The predicted molar refractivity (Wildman–Crippen MR) is 115 cm³/mol. The van der Waals surface area contributed by atoms with Crippen molar-refractivity contribution in [3.8, 4) is 5.75 Å². The summed E-state index contributed by atoms with van der Waals surface area (Å²) in [6.45, 7) is 7.51. The molecular formula is C18H30IN5O2. The second-order valence-corrected chi connectivity index (χ2v) is 6.01. The average Bonchev–Trinajstić information content (AvgIpc) is 2.65. The molecular weight excluding hydrogens is 445 g/mol. The number of guanidine groups is 1. The van der Waals surface area contributed by atoms with Crippen LogP contribution in [-0.4, -0.2) is 75.1 Å². The Morgan fingerprint density at radius 3 is 2.50 bits per heavy atom. The number of rotatable bonds is 6. The molecule has 1 fully saturated rings. The molecule has 0 spiro atoms. The molecule has 1 aliphatic heterocycles. The Morgan fingerprint density at radius 2 is 1.88 bits per heavy atom.